The fourth-order valence-electron chi connectivity index (χ4n) is 4.55. The van der Waals surface area contributed by atoms with Gasteiger partial charge in [-0.25, -0.2) is 0 Å². The maximum atomic E-state index is 13.2. The summed E-state index contributed by atoms with van der Waals surface area (Å²) in [7, 11) is 5.97. The number of nitrogens with zero attached hydrogens (tertiary/aromatic N) is 2. The highest BCUT2D eigenvalue weighted by atomic mass is 32.1. The quantitative estimate of drug-likeness (QED) is 0.679. The molecule has 0 bridgehead atoms. The molecule has 0 radical (unpaired) electrons. The average Bonchev–Trinajstić information content (AvgIpc) is 3.35. The van der Waals surface area contributed by atoms with Crippen molar-refractivity contribution >= 4 is 29.6 Å². The van der Waals surface area contributed by atoms with Gasteiger partial charge < -0.3 is 25.0 Å². The van der Waals surface area contributed by atoms with Gasteiger partial charge >= 0.3 is 0 Å². The van der Waals surface area contributed by atoms with Crippen LogP contribution in [-0.2, 0) is 14.3 Å². The molecule has 2 fully saturated rings. The fourth-order valence-corrected chi connectivity index (χ4v) is 5.17. The van der Waals surface area contributed by atoms with E-state index in [-0.39, 0.29) is 24.4 Å². The summed E-state index contributed by atoms with van der Waals surface area (Å²) in [6.45, 7) is 4.86. The predicted octanol–water partition coefficient (Wildman–Crippen LogP) is 1.77. The number of ether oxygens (including phenoxy) is 1. The molecule has 0 spiro atoms. The summed E-state index contributed by atoms with van der Waals surface area (Å²) in [6, 6.07) is 4.00. The van der Waals surface area contributed by atoms with Crippen LogP contribution in [0, 0.1) is 11.8 Å². The number of thiophene rings is 1. The van der Waals surface area contributed by atoms with Gasteiger partial charge in [-0.1, -0.05) is 6.07 Å². The lowest BCUT2D eigenvalue weighted by molar-refractivity contribution is -0.136. The number of likely N-dealkylation sites (tertiary alicyclic amines) is 1. The summed E-state index contributed by atoms with van der Waals surface area (Å²) in [5.41, 5.74) is -0.920. The fraction of sp³-hybridized carbons (Fsp3) is 0.667. The number of nitrogens with one attached hydrogen (secondary N) is 1. The van der Waals surface area contributed by atoms with Crippen molar-refractivity contribution in [1.29, 1.82) is 0 Å². The van der Waals surface area contributed by atoms with Gasteiger partial charge in [-0.2, -0.15) is 0 Å². The Morgan fingerprint density at radius 3 is 2.40 bits per heavy atom. The van der Waals surface area contributed by atoms with Crippen molar-refractivity contribution < 1.29 is 24.2 Å². The largest absolute Gasteiger partial charge is 0.483 e. The van der Waals surface area contributed by atoms with Crippen molar-refractivity contribution in [2.24, 2.45) is 11.8 Å². The maximum absolute atomic E-state index is 13.2. The zero-order valence-electron chi connectivity index (χ0n) is 18.3. The number of carboxylic acid groups (broad SMARTS) is 1. The maximum Gasteiger partial charge on any atom is 0.290 e. The van der Waals surface area contributed by atoms with E-state index < -0.39 is 5.54 Å². The molecule has 9 heteroatoms. The summed E-state index contributed by atoms with van der Waals surface area (Å²) >= 11 is 1.38. The molecule has 3 rings (SSSR count). The third kappa shape index (κ3) is 5.59. The van der Waals surface area contributed by atoms with E-state index in [1.165, 1.54) is 11.3 Å². The van der Waals surface area contributed by atoms with Crippen molar-refractivity contribution in [2.75, 3.05) is 34.3 Å². The zero-order valence-corrected chi connectivity index (χ0v) is 19.1. The van der Waals surface area contributed by atoms with Crippen molar-refractivity contribution in [3.8, 4) is 0 Å². The van der Waals surface area contributed by atoms with Gasteiger partial charge in [0.05, 0.1) is 11.0 Å². The van der Waals surface area contributed by atoms with Crippen molar-refractivity contribution in [3.05, 3.63) is 22.4 Å². The molecular weight excluding hydrogens is 406 g/mol. The van der Waals surface area contributed by atoms with Gasteiger partial charge in [-0.05, 0) is 64.1 Å². The van der Waals surface area contributed by atoms with E-state index in [0.29, 0.717) is 22.8 Å². The molecular formula is C21H33N3O5S. The Morgan fingerprint density at radius 2 is 1.90 bits per heavy atom. The van der Waals surface area contributed by atoms with Crippen LogP contribution in [0.15, 0.2) is 17.5 Å². The molecule has 0 unspecified atom stereocenters. The molecule has 30 heavy (non-hydrogen) atoms. The van der Waals surface area contributed by atoms with Crippen molar-refractivity contribution in [2.45, 2.75) is 44.4 Å². The van der Waals surface area contributed by atoms with E-state index >= 15 is 0 Å². The number of methoxy groups -OCH3 is 1. The third-order valence-corrected chi connectivity index (χ3v) is 6.91. The summed E-state index contributed by atoms with van der Waals surface area (Å²) in [5.74, 6) is 0.778. The summed E-state index contributed by atoms with van der Waals surface area (Å²) in [4.78, 5) is 38.7. The van der Waals surface area contributed by atoms with Crippen LogP contribution in [0.5, 0.6) is 0 Å². The summed E-state index contributed by atoms with van der Waals surface area (Å²) < 4.78 is 5.73. The minimum Gasteiger partial charge on any atom is -0.483 e. The molecule has 0 aromatic carbocycles. The molecule has 8 nitrogen and oxygen atoms in total. The first-order valence-corrected chi connectivity index (χ1v) is 10.9. The number of hydrogen-bond acceptors (Lipinski definition) is 6. The molecule has 2 amide bonds. The van der Waals surface area contributed by atoms with Crippen LogP contribution >= 0.6 is 11.3 Å². The third-order valence-electron chi connectivity index (χ3n) is 6.04. The van der Waals surface area contributed by atoms with Gasteiger partial charge in [0.1, 0.15) is 5.54 Å². The van der Waals surface area contributed by atoms with Crippen LogP contribution in [0.3, 0.4) is 0 Å². The Balaban J connectivity index is 0.00000101. The average molecular weight is 440 g/mol. The number of fused-ring (bicyclic) bond motifs is 1. The minimum atomic E-state index is -0.920. The number of hydrogen-bond donors (Lipinski definition) is 2. The SMILES string of the molecule is CO[C@@H]1C[C@H]2CN(C(=O)C(C)(C)NC(=O)c3cccs3)C[C@H]2C[C@H]1N(C)C.O=CO. The van der Waals surface area contributed by atoms with E-state index in [1.807, 2.05) is 16.3 Å². The number of carbonyl (C=O) groups excluding carboxylic acids is 2. The Morgan fingerprint density at radius 1 is 1.30 bits per heavy atom. The highest BCUT2D eigenvalue weighted by Crippen LogP contribution is 2.39. The number of carbonyl (C=O) groups is 3. The smallest absolute Gasteiger partial charge is 0.290 e. The van der Waals surface area contributed by atoms with E-state index in [4.69, 9.17) is 14.6 Å². The Kier molecular flexibility index (Phi) is 8.40. The van der Waals surface area contributed by atoms with Gasteiger partial charge in [0.2, 0.25) is 5.91 Å². The second-order valence-electron chi connectivity index (χ2n) is 8.67. The second kappa shape index (κ2) is 10.4. The molecule has 2 heterocycles. The van der Waals surface area contributed by atoms with E-state index in [0.717, 1.165) is 25.9 Å². The van der Waals surface area contributed by atoms with Crippen LogP contribution in [0.1, 0.15) is 36.4 Å². The molecule has 1 aromatic heterocycles. The molecule has 2 aliphatic rings. The Bertz CT molecular complexity index is 722. The second-order valence-corrected chi connectivity index (χ2v) is 9.62. The predicted molar refractivity (Wildman–Crippen MR) is 116 cm³/mol. The number of rotatable bonds is 5. The molecule has 1 saturated carbocycles. The normalized spacial score (nSPS) is 25.9. The van der Waals surface area contributed by atoms with Gasteiger partial charge in [-0.15, -0.1) is 11.3 Å². The van der Waals surface area contributed by atoms with Gasteiger partial charge in [0.15, 0.2) is 0 Å². The van der Waals surface area contributed by atoms with Gasteiger partial charge in [-0.3, -0.25) is 14.4 Å². The molecule has 1 aromatic rings. The first-order valence-electron chi connectivity index (χ1n) is 10.1. The Hall–Kier alpha value is -1.97. The van der Waals surface area contributed by atoms with Crippen molar-refractivity contribution in [3.63, 3.8) is 0 Å². The van der Waals surface area contributed by atoms with Gasteiger partial charge in [0.25, 0.3) is 12.4 Å². The minimum absolute atomic E-state index is 0.00261. The van der Waals surface area contributed by atoms with E-state index in [2.05, 4.69) is 24.3 Å². The highest BCUT2D eigenvalue weighted by molar-refractivity contribution is 7.12. The van der Waals surface area contributed by atoms with Crippen LogP contribution in [0.2, 0.25) is 0 Å². The van der Waals surface area contributed by atoms with Crippen LogP contribution in [-0.4, -0.2) is 85.2 Å². The lowest BCUT2D eigenvalue weighted by Gasteiger charge is -2.40. The van der Waals surface area contributed by atoms with E-state index in [1.54, 1.807) is 27.0 Å². The Labute approximate surface area is 182 Å². The standard InChI is InChI=1S/C20H31N3O3S.CH2O2/c1-20(2,21-18(24)17-7-6-8-27-17)19(25)23-11-13-9-15(22(3)4)16(26-5)10-14(13)12-23;2-1-3/h6-8,13-16H,9-12H2,1-5H3,(H,21,24);1H,(H,2,3)/t13-,14+,15-,16-;/m1./s1. The van der Waals surface area contributed by atoms with Crippen LogP contribution in [0.25, 0.3) is 0 Å². The highest BCUT2D eigenvalue weighted by Gasteiger charge is 2.46. The monoisotopic (exact) mass is 439 g/mol. The summed E-state index contributed by atoms with van der Waals surface area (Å²) in [5, 5.41) is 11.7. The first kappa shape index (κ1) is 24.3. The molecule has 2 N–H and O–H groups in total. The molecule has 168 valence electrons. The molecule has 4 atom stereocenters. The first-order chi connectivity index (χ1) is 14.1. The van der Waals surface area contributed by atoms with Crippen LogP contribution < -0.4 is 5.32 Å². The number of amides is 2. The molecule has 1 aliphatic carbocycles. The molecule has 1 aliphatic heterocycles. The summed E-state index contributed by atoms with van der Waals surface area (Å²) in [6.07, 6.45) is 2.24. The van der Waals surface area contributed by atoms with Crippen molar-refractivity contribution in [1.82, 2.24) is 15.1 Å². The topological polar surface area (TPSA) is 99.2 Å². The van der Waals surface area contributed by atoms with Crippen LogP contribution in [0.4, 0.5) is 0 Å². The van der Waals surface area contributed by atoms with E-state index in [9.17, 15) is 9.59 Å². The van der Waals surface area contributed by atoms with Gasteiger partial charge in [0, 0.05) is 26.2 Å². The zero-order chi connectivity index (χ0) is 22.5. The molecule has 1 saturated heterocycles. The lowest BCUT2D eigenvalue weighted by Crippen LogP contribution is -2.55. The lowest BCUT2D eigenvalue weighted by atomic mass is 9.77. The number of likely N-dealkylation sites (N-methyl/N-ethyl adjacent to an activating group) is 1.